The van der Waals surface area contributed by atoms with Crippen LogP contribution in [0.4, 0.5) is 5.69 Å². The molecule has 1 heterocycles. The van der Waals surface area contributed by atoms with Crippen molar-refractivity contribution in [1.82, 2.24) is 4.90 Å². The van der Waals surface area contributed by atoms with Gasteiger partial charge in [0.25, 0.3) is 0 Å². The zero-order valence-electron chi connectivity index (χ0n) is 14.9. The van der Waals surface area contributed by atoms with Gasteiger partial charge in [0.1, 0.15) is 0 Å². The molecule has 0 amide bonds. The van der Waals surface area contributed by atoms with Crippen LogP contribution in [-0.2, 0) is 9.53 Å². The van der Waals surface area contributed by atoms with Gasteiger partial charge in [-0.1, -0.05) is 0 Å². The number of aromatic hydroxyl groups is 2. The number of carbonyl (C=O) groups excluding carboxylic acids is 2. The van der Waals surface area contributed by atoms with Gasteiger partial charge in [-0.25, -0.2) is 0 Å². The number of nitro benzene ring substituents is 1. The van der Waals surface area contributed by atoms with E-state index in [-0.39, 0.29) is 42.1 Å². The van der Waals surface area contributed by atoms with Crippen molar-refractivity contribution in [3.05, 3.63) is 27.8 Å². The lowest BCUT2D eigenvalue weighted by Crippen LogP contribution is -2.38. The molecule has 0 bridgehead atoms. The first-order valence-corrected chi connectivity index (χ1v) is 8.46. The standard InChI is InChI=1S/C17H22N2O7.ClH/c1-2-26-17(23)11-3-6-18(7-4-11)8-5-14(20)12-9-13(19(24)25)16(22)15(21)10-12;/h9-11,21-22H,2-8H2,1H3;1H. The second-order valence-electron chi connectivity index (χ2n) is 6.16. The summed E-state index contributed by atoms with van der Waals surface area (Å²) in [5, 5.41) is 29.9. The number of piperidine rings is 1. The number of hydrogen-bond acceptors (Lipinski definition) is 8. The van der Waals surface area contributed by atoms with Gasteiger partial charge < -0.3 is 19.8 Å². The number of carbonyl (C=O) groups is 2. The van der Waals surface area contributed by atoms with Crippen molar-refractivity contribution in [1.29, 1.82) is 0 Å². The van der Waals surface area contributed by atoms with Crippen LogP contribution in [0.15, 0.2) is 12.1 Å². The van der Waals surface area contributed by atoms with Gasteiger partial charge in [0.15, 0.2) is 11.5 Å². The number of esters is 1. The molecule has 1 aliphatic heterocycles. The number of phenols is 2. The normalized spacial score (nSPS) is 15.0. The maximum Gasteiger partial charge on any atom is 0.315 e. The number of likely N-dealkylation sites (tertiary alicyclic amines) is 1. The van der Waals surface area contributed by atoms with Gasteiger partial charge >= 0.3 is 11.7 Å². The average Bonchev–Trinajstić information content (AvgIpc) is 2.62. The minimum Gasteiger partial charge on any atom is -0.504 e. The number of ketones is 1. The molecule has 0 atom stereocenters. The fourth-order valence-corrected chi connectivity index (χ4v) is 2.96. The Bertz CT molecular complexity index is 703. The van der Waals surface area contributed by atoms with Crippen LogP contribution in [0, 0.1) is 16.0 Å². The molecule has 27 heavy (non-hydrogen) atoms. The number of nitrogens with zero attached hydrogens (tertiary/aromatic N) is 2. The largest absolute Gasteiger partial charge is 0.504 e. The summed E-state index contributed by atoms with van der Waals surface area (Å²) in [6.07, 6.45) is 1.45. The highest BCUT2D eigenvalue weighted by Crippen LogP contribution is 2.36. The summed E-state index contributed by atoms with van der Waals surface area (Å²) in [5.74, 6) is -2.21. The van der Waals surface area contributed by atoms with E-state index in [1.54, 1.807) is 6.92 Å². The molecule has 0 radical (unpaired) electrons. The van der Waals surface area contributed by atoms with E-state index in [0.717, 1.165) is 12.1 Å². The minimum atomic E-state index is -0.855. The van der Waals surface area contributed by atoms with E-state index >= 15 is 0 Å². The quantitative estimate of drug-likeness (QED) is 0.233. The highest BCUT2D eigenvalue weighted by atomic mass is 35.5. The fraction of sp³-hybridized carbons (Fsp3) is 0.529. The second-order valence-corrected chi connectivity index (χ2v) is 6.16. The zero-order valence-corrected chi connectivity index (χ0v) is 15.7. The van der Waals surface area contributed by atoms with Crippen LogP contribution < -0.4 is 0 Å². The minimum absolute atomic E-state index is 0. The fourth-order valence-electron chi connectivity index (χ4n) is 2.96. The van der Waals surface area contributed by atoms with Crippen molar-refractivity contribution in [2.24, 2.45) is 5.92 Å². The predicted octanol–water partition coefficient (Wildman–Crippen LogP) is 2.28. The lowest BCUT2D eigenvalue weighted by molar-refractivity contribution is -0.386. The molecule has 1 fully saturated rings. The maximum absolute atomic E-state index is 12.3. The topological polar surface area (TPSA) is 130 Å². The molecule has 2 rings (SSSR count). The summed E-state index contributed by atoms with van der Waals surface area (Å²) in [7, 11) is 0. The molecule has 0 saturated carbocycles. The van der Waals surface area contributed by atoms with Gasteiger partial charge in [-0.3, -0.25) is 19.7 Å². The van der Waals surface area contributed by atoms with Gasteiger partial charge in [0.2, 0.25) is 5.75 Å². The van der Waals surface area contributed by atoms with Gasteiger partial charge in [-0.15, -0.1) is 12.4 Å². The Labute approximate surface area is 162 Å². The maximum atomic E-state index is 12.3. The van der Waals surface area contributed by atoms with E-state index in [1.807, 2.05) is 4.90 Å². The molecule has 2 N–H and O–H groups in total. The number of phenolic OH excluding ortho intramolecular Hbond substituents is 2. The third kappa shape index (κ3) is 5.80. The Morgan fingerprint density at radius 3 is 2.48 bits per heavy atom. The van der Waals surface area contributed by atoms with Crippen molar-refractivity contribution in [3.8, 4) is 11.5 Å². The first-order valence-electron chi connectivity index (χ1n) is 8.46. The summed E-state index contributed by atoms with van der Waals surface area (Å²) in [6, 6.07) is 1.99. The van der Waals surface area contributed by atoms with Crippen LogP contribution in [0.5, 0.6) is 11.5 Å². The van der Waals surface area contributed by atoms with Crippen LogP contribution in [0.2, 0.25) is 0 Å². The molecule has 1 aliphatic rings. The van der Waals surface area contributed by atoms with E-state index in [4.69, 9.17) is 4.74 Å². The molecule has 1 saturated heterocycles. The van der Waals surface area contributed by atoms with Crippen molar-refractivity contribution in [3.63, 3.8) is 0 Å². The molecule has 9 nitrogen and oxygen atoms in total. The Hall–Kier alpha value is -2.39. The third-order valence-electron chi connectivity index (χ3n) is 4.45. The number of rotatable bonds is 7. The first-order chi connectivity index (χ1) is 12.3. The molecule has 10 heteroatoms. The second kappa shape index (κ2) is 10.1. The lowest BCUT2D eigenvalue weighted by Gasteiger charge is -2.30. The van der Waals surface area contributed by atoms with Crippen LogP contribution in [0.1, 0.15) is 36.5 Å². The highest BCUT2D eigenvalue weighted by Gasteiger charge is 2.26. The number of benzene rings is 1. The third-order valence-corrected chi connectivity index (χ3v) is 4.45. The van der Waals surface area contributed by atoms with E-state index in [0.29, 0.717) is 39.1 Å². The van der Waals surface area contributed by atoms with Crippen molar-refractivity contribution in [2.75, 3.05) is 26.2 Å². The molecule has 1 aromatic rings. The lowest BCUT2D eigenvalue weighted by atomic mass is 9.96. The Morgan fingerprint density at radius 2 is 1.93 bits per heavy atom. The van der Waals surface area contributed by atoms with E-state index < -0.39 is 22.1 Å². The number of halogens is 1. The monoisotopic (exact) mass is 402 g/mol. The van der Waals surface area contributed by atoms with Crippen molar-refractivity contribution < 1.29 is 29.5 Å². The number of Topliss-reactive ketones (excluding diaryl/α,β-unsaturated/α-hetero) is 1. The Morgan fingerprint density at radius 1 is 1.30 bits per heavy atom. The summed E-state index contributed by atoms with van der Waals surface area (Å²) in [5.41, 5.74) is -0.725. The molecule has 0 unspecified atom stereocenters. The molecule has 0 aliphatic carbocycles. The summed E-state index contributed by atoms with van der Waals surface area (Å²) < 4.78 is 5.01. The van der Waals surface area contributed by atoms with Gasteiger partial charge in [0.05, 0.1) is 17.4 Å². The molecular formula is C17H23ClN2O7. The van der Waals surface area contributed by atoms with Crippen LogP contribution in [0.25, 0.3) is 0 Å². The van der Waals surface area contributed by atoms with Crippen LogP contribution in [-0.4, -0.2) is 58.0 Å². The zero-order chi connectivity index (χ0) is 19.3. The molecule has 0 spiro atoms. The van der Waals surface area contributed by atoms with Gasteiger partial charge in [0, 0.05) is 24.6 Å². The van der Waals surface area contributed by atoms with Crippen molar-refractivity contribution in [2.45, 2.75) is 26.2 Å². The van der Waals surface area contributed by atoms with Crippen LogP contribution >= 0.6 is 12.4 Å². The summed E-state index contributed by atoms with van der Waals surface area (Å²) >= 11 is 0. The summed E-state index contributed by atoms with van der Waals surface area (Å²) in [4.78, 5) is 36.0. The predicted molar refractivity (Wildman–Crippen MR) is 98.4 cm³/mol. The number of ether oxygens (including phenoxy) is 1. The number of hydrogen-bond donors (Lipinski definition) is 2. The SMILES string of the molecule is CCOC(=O)C1CCN(CCC(=O)c2cc(O)c(O)c([N+](=O)[O-])c2)CC1.Cl. The van der Waals surface area contributed by atoms with Crippen molar-refractivity contribution >= 4 is 29.8 Å². The van der Waals surface area contributed by atoms with E-state index in [2.05, 4.69) is 0 Å². The highest BCUT2D eigenvalue weighted by molar-refractivity contribution is 5.97. The van der Waals surface area contributed by atoms with Gasteiger partial charge in [-0.05, 0) is 38.9 Å². The van der Waals surface area contributed by atoms with Crippen LogP contribution in [0.3, 0.4) is 0 Å². The van der Waals surface area contributed by atoms with E-state index in [1.165, 1.54) is 0 Å². The Kier molecular flexibility index (Phi) is 8.45. The molecule has 0 aromatic heterocycles. The summed E-state index contributed by atoms with van der Waals surface area (Å²) in [6.45, 7) is 3.91. The first kappa shape index (κ1) is 22.7. The molecule has 150 valence electrons. The molecule has 1 aromatic carbocycles. The number of nitro groups is 1. The van der Waals surface area contributed by atoms with E-state index in [9.17, 15) is 29.9 Å². The smallest absolute Gasteiger partial charge is 0.315 e. The molecular weight excluding hydrogens is 380 g/mol. The van der Waals surface area contributed by atoms with Gasteiger partial charge in [-0.2, -0.15) is 0 Å². The average molecular weight is 403 g/mol. The Balaban J connectivity index is 0.00000364.